The third kappa shape index (κ3) is 4.84. The molecular formula is C21H37N5O2. The highest BCUT2D eigenvalue weighted by Gasteiger charge is 2.31. The van der Waals surface area contributed by atoms with E-state index in [9.17, 15) is 0 Å². The average molecular weight is 392 g/mol. The maximum atomic E-state index is 8.73. The molecule has 3 rings (SSSR count). The molecule has 0 spiro atoms. The molecule has 7 heteroatoms. The van der Waals surface area contributed by atoms with Crippen molar-refractivity contribution in [3.8, 4) is 5.75 Å². The average Bonchev–Trinajstić information content (AvgIpc) is 3.04. The number of benzene rings is 1. The second-order valence-electron chi connectivity index (χ2n) is 7.47. The Kier molecular flexibility index (Phi) is 7.46. The van der Waals surface area contributed by atoms with Gasteiger partial charge >= 0.3 is 0 Å². The van der Waals surface area contributed by atoms with Crippen LogP contribution in [-0.4, -0.2) is 61.2 Å². The second-order valence-corrected chi connectivity index (χ2v) is 7.47. The molecular weight excluding hydrogens is 354 g/mol. The van der Waals surface area contributed by atoms with Crippen molar-refractivity contribution >= 4 is 11.4 Å². The number of nitrogen functional groups attached to an aromatic ring is 1. The summed E-state index contributed by atoms with van der Waals surface area (Å²) in [7, 11) is 3.71. The molecule has 2 aliphatic heterocycles. The monoisotopic (exact) mass is 391 g/mol. The van der Waals surface area contributed by atoms with E-state index in [1.165, 1.54) is 0 Å². The molecule has 0 saturated carbocycles. The van der Waals surface area contributed by atoms with Crippen molar-refractivity contribution in [1.82, 2.24) is 15.3 Å². The van der Waals surface area contributed by atoms with Gasteiger partial charge in [-0.15, -0.1) is 0 Å². The summed E-state index contributed by atoms with van der Waals surface area (Å²) >= 11 is 0. The van der Waals surface area contributed by atoms with Crippen LogP contribution in [0, 0.1) is 5.41 Å². The summed E-state index contributed by atoms with van der Waals surface area (Å²) < 4.78 is 11.3. The third-order valence-electron chi connectivity index (χ3n) is 5.06. The van der Waals surface area contributed by atoms with Crippen molar-refractivity contribution in [2.45, 2.75) is 52.5 Å². The lowest BCUT2D eigenvalue weighted by Gasteiger charge is -2.35. The van der Waals surface area contributed by atoms with Crippen molar-refractivity contribution in [3.05, 3.63) is 35.5 Å². The third-order valence-corrected chi connectivity index (χ3v) is 5.06. The molecule has 0 aliphatic carbocycles. The Morgan fingerprint density at radius 2 is 2.14 bits per heavy atom. The molecule has 2 heterocycles. The van der Waals surface area contributed by atoms with Gasteiger partial charge in [0.1, 0.15) is 5.75 Å². The summed E-state index contributed by atoms with van der Waals surface area (Å²) in [6.45, 7) is 5.87. The summed E-state index contributed by atoms with van der Waals surface area (Å²) in [6, 6.07) is 5.50. The lowest BCUT2D eigenvalue weighted by molar-refractivity contribution is 0.0111. The fourth-order valence-electron chi connectivity index (χ4n) is 3.65. The van der Waals surface area contributed by atoms with Gasteiger partial charge in [0, 0.05) is 39.9 Å². The van der Waals surface area contributed by atoms with Crippen molar-refractivity contribution in [2.75, 3.05) is 33.0 Å². The van der Waals surface area contributed by atoms with Gasteiger partial charge in [-0.2, -0.15) is 0 Å². The van der Waals surface area contributed by atoms with Crippen LogP contribution in [0.3, 0.4) is 0 Å². The number of methoxy groups -OCH3 is 1. The molecule has 0 radical (unpaired) electrons. The first kappa shape index (κ1) is 22.2. The molecule has 1 aromatic rings. The lowest BCUT2D eigenvalue weighted by Crippen LogP contribution is -2.51. The molecule has 0 amide bonds. The van der Waals surface area contributed by atoms with Crippen LogP contribution in [0.1, 0.15) is 41.1 Å². The zero-order valence-corrected chi connectivity index (χ0v) is 16.7. The number of anilines is 1. The number of nitrogens with two attached hydrogens (primary N) is 1. The largest absolute Gasteiger partial charge is 0.491 e. The van der Waals surface area contributed by atoms with Gasteiger partial charge in [0.25, 0.3) is 0 Å². The lowest BCUT2D eigenvalue weighted by atomic mass is 10.0. The van der Waals surface area contributed by atoms with E-state index in [1.54, 1.807) is 13.2 Å². The van der Waals surface area contributed by atoms with Gasteiger partial charge in [-0.05, 0) is 51.0 Å². The minimum Gasteiger partial charge on any atom is -0.491 e. The standard InChI is InChI=1S/C20H31N5O2.CH4.H2/c1-13(2)27-14-7-8-17(21)16(10-14)20(22)18-11-19(23-24(18)3)25-9-5-6-15(12-25)26-4;;/h7-8,10-11,13,15,19,22-23H,5-6,9,12,21H2,1-4H3;1H4;1H. The molecule has 4 N–H and O–H groups in total. The van der Waals surface area contributed by atoms with Crippen molar-refractivity contribution in [2.24, 2.45) is 0 Å². The van der Waals surface area contributed by atoms with E-state index >= 15 is 0 Å². The number of nitrogens with zero attached hydrogens (tertiary/aromatic N) is 2. The van der Waals surface area contributed by atoms with E-state index < -0.39 is 0 Å². The van der Waals surface area contributed by atoms with Crippen LogP contribution in [0.25, 0.3) is 0 Å². The van der Waals surface area contributed by atoms with Gasteiger partial charge in [0.2, 0.25) is 0 Å². The Morgan fingerprint density at radius 1 is 1.39 bits per heavy atom. The maximum absolute atomic E-state index is 8.73. The fourth-order valence-corrected chi connectivity index (χ4v) is 3.65. The normalized spacial score (nSPS) is 22.8. The van der Waals surface area contributed by atoms with Crippen molar-refractivity contribution < 1.29 is 10.9 Å². The van der Waals surface area contributed by atoms with Crippen LogP contribution in [0.15, 0.2) is 30.0 Å². The molecule has 1 saturated heterocycles. The Labute approximate surface area is 170 Å². The molecule has 1 fully saturated rings. The van der Waals surface area contributed by atoms with E-state index in [0.29, 0.717) is 17.0 Å². The number of ether oxygens (including phenoxy) is 2. The van der Waals surface area contributed by atoms with E-state index in [4.69, 9.17) is 20.6 Å². The first-order chi connectivity index (χ1) is 12.9. The molecule has 158 valence electrons. The number of rotatable bonds is 6. The minimum atomic E-state index is 0. The summed E-state index contributed by atoms with van der Waals surface area (Å²) in [5, 5.41) is 10.6. The van der Waals surface area contributed by atoms with Crippen molar-refractivity contribution in [3.63, 3.8) is 0 Å². The van der Waals surface area contributed by atoms with Crippen LogP contribution >= 0.6 is 0 Å². The van der Waals surface area contributed by atoms with Crippen LogP contribution in [0.4, 0.5) is 5.69 Å². The number of hydrogen-bond donors (Lipinski definition) is 3. The van der Waals surface area contributed by atoms with Gasteiger partial charge in [-0.3, -0.25) is 10.3 Å². The minimum absolute atomic E-state index is 0. The maximum Gasteiger partial charge on any atom is 0.120 e. The van der Waals surface area contributed by atoms with Gasteiger partial charge in [-0.25, -0.2) is 5.43 Å². The fraction of sp³-hybridized carbons (Fsp3) is 0.571. The zero-order chi connectivity index (χ0) is 19.6. The summed E-state index contributed by atoms with van der Waals surface area (Å²) in [5.41, 5.74) is 12.1. The number of nitrogens with one attached hydrogen (secondary N) is 2. The highest BCUT2D eigenvalue weighted by atomic mass is 16.5. The number of likely N-dealkylation sites (tertiary alicyclic amines) is 1. The Balaban J connectivity index is 0.00000210. The van der Waals surface area contributed by atoms with Crippen LogP contribution in [0.5, 0.6) is 5.75 Å². The molecule has 0 aromatic heterocycles. The Morgan fingerprint density at radius 3 is 2.82 bits per heavy atom. The van der Waals surface area contributed by atoms with Crippen molar-refractivity contribution in [1.29, 1.82) is 5.41 Å². The summed E-state index contributed by atoms with van der Waals surface area (Å²) in [6.07, 6.45) is 4.70. The zero-order valence-electron chi connectivity index (χ0n) is 16.7. The second kappa shape index (κ2) is 9.41. The highest BCUT2D eigenvalue weighted by molar-refractivity contribution is 6.13. The van der Waals surface area contributed by atoms with E-state index in [-0.39, 0.29) is 27.2 Å². The van der Waals surface area contributed by atoms with Crippen LogP contribution < -0.4 is 15.9 Å². The number of likely N-dealkylation sites (N-methyl/N-ethyl adjacent to an activating group) is 1. The molecule has 2 unspecified atom stereocenters. The number of hydrogen-bond acceptors (Lipinski definition) is 7. The van der Waals surface area contributed by atoms with Gasteiger partial charge in [-0.1, -0.05) is 7.43 Å². The van der Waals surface area contributed by atoms with Gasteiger partial charge < -0.3 is 20.2 Å². The molecule has 7 nitrogen and oxygen atoms in total. The number of hydrazine groups is 1. The summed E-state index contributed by atoms with van der Waals surface area (Å²) in [5.74, 6) is 0.726. The topological polar surface area (TPSA) is 86.8 Å². The van der Waals surface area contributed by atoms with Crippen LogP contribution in [0.2, 0.25) is 0 Å². The molecule has 28 heavy (non-hydrogen) atoms. The predicted octanol–water partition coefficient (Wildman–Crippen LogP) is 3.08. The van der Waals surface area contributed by atoms with Crippen LogP contribution in [-0.2, 0) is 4.74 Å². The van der Waals surface area contributed by atoms with E-state index in [0.717, 1.165) is 37.4 Å². The Bertz CT molecular complexity index is 725. The van der Waals surface area contributed by atoms with Gasteiger partial charge in [0.05, 0.1) is 29.8 Å². The predicted molar refractivity (Wildman–Crippen MR) is 117 cm³/mol. The first-order valence-electron chi connectivity index (χ1n) is 9.53. The number of piperidine rings is 1. The first-order valence-corrected chi connectivity index (χ1v) is 9.53. The number of allylic oxidation sites excluding steroid dienone is 1. The molecule has 2 aliphatic rings. The molecule has 1 aromatic carbocycles. The van der Waals surface area contributed by atoms with Gasteiger partial charge in [0.15, 0.2) is 0 Å². The van der Waals surface area contributed by atoms with E-state index in [2.05, 4.69) is 16.4 Å². The quantitative estimate of drug-likeness (QED) is 0.510. The summed E-state index contributed by atoms with van der Waals surface area (Å²) in [4.78, 5) is 2.36. The molecule has 0 bridgehead atoms. The van der Waals surface area contributed by atoms with E-state index in [1.807, 2.05) is 38.0 Å². The highest BCUT2D eigenvalue weighted by Crippen LogP contribution is 2.26. The smallest absolute Gasteiger partial charge is 0.120 e. The molecule has 2 atom stereocenters. The SMILES string of the molecule is C.COC1CCCN(C2C=C(C(=N)c3cc(OC(C)C)ccc3N)N(C)N2)C1.[HH]. The Hall–Kier alpha value is -2.09.